The molecule has 3 N–H and O–H groups in total. The van der Waals surface area contributed by atoms with Gasteiger partial charge in [0, 0.05) is 12.6 Å². The minimum absolute atomic E-state index is 0.0548. The lowest BCUT2D eigenvalue weighted by atomic mass is 10.1. The van der Waals surface area contributed by atoms with Crippen molar-refractivity contribution in [2.45, 2.75) is 39.3 Å². The van der Waals surface area contributed by atoms with Gasteiger partial charge in [0.15, 0.2) is 11.6 Å². The number of halogens is 2. The minimum atomic E-state index is -0.784. The molecule has 23 heavy (non-hydrogen) atoms. The highest BCUT2D eigenvalue weighted by molar-refractivity contribution is 5.74. The first kappa shape index (κ1) is 19.2. The monoisotopic (exact) mass is 330 g/mol. The second-order valence-electron chi connectivity index (χ2n) is 5.83. The molecule has 0 saturated heterocycles. The van der Waals surface area contributed by atoms with Crippen LogP contribution in [0, 0.1) is 17.6 Å². The number of nitrogens with one attached hydrogen (secondary N) is 2. The summed E-state index contributed by atoms with van der Waals surface area (Å²) in [6.07, 6.45) is 0.191. The van der Waals surface area contributed by atoms with Crippen LogP contribution in [-0.4, -0.2) is 36.4 Å². The van der Waals surface area contributed by atoms with E-state index < -0.39 is 17.7 Å². The van der Waals surface area contributed by atoms with Gasteiger partial charge in [-0.2, -0.15) is 0 Å². The van der Waals surface area contributed by atoms with E-state index in [0.717, 1.165) is 12.1 Å². The number of ether oxygens (including phenoxy) is 1. The number of amides is 2. The highest BCUT2D eigenvalue weighted by Crippen LogP contribution is 2.17. The summed E-state index contributed by atoms with van der Waals surface area (Å²) < 4.78 is 31.4. The number of hydrogen-bond acceptors (Lipinski definition) is 3. The van der Waals surface area contributed by atoms with Gasteiger partial charge in [-0.25, -0.2) is 13.6 Å². The zero-order chi connectivity index (χ0) is 17.4. The van der Waals surface area contributed by atoms with E-state index in [9.17, 15) is 18.7 Å². The average molecular weight is 330 g/mol. The molecule has 0 heterocycles. The summed E-state index contributed by atoms with van der Waals surface area (Å²) in [4.78, 5) is 11.7. The Bertz CT molecular complexity index is 512. The molecule has 0 aliphatic carbocycles. The third kappa shape index (κ3) is 7.78. The second kappa shape index (κ2) is 9.29. The molecular weight excluding hydrogens is 306 g/mol. The van der Waals surface area contributed by atoms with Crippen LogP contribution in [0.2, 0.25) is 0 Å². The van der Waals surface area contributed by atoms with Gasteiger partial charge in [0.2, 0.25) is 0 Å². The third-order valence-corrected chi connectivity index (χ3v) is 3.11. The maximum Gasteiger partial charge on any atom is 0.315 e. The van der Waals surface area contributed by atoms with Crippen molar-refractivity contribution in [2.75, 3.05) is 13.2 Å². The van der Waals surface area contributed by atoms with Gasteiger partial charge >= 0.3 is 6.03 Å². The van der Waals surface area contributed by atoms with Crippen molar-refractivity contribution >= 4 is 6.03 Å². The van der Waals surface area contributed by atoms with Crippen LogP contribution in [0.5, 0.6) is 5.75 Å². The summed E-state index contributed by atoms with van der Waals surface area (Å²) in [5, 5.41) is 14.6. The number of hydrogen-bond donors (Lipinski definition) is 3. The molecule has 130 valence electrons. The maximum atomic E-state index is 13.4. The van der Waals surface area contributed by atoms with Crippen molar-refractivity contribution in [3.63, 3.8) is 0 Å². The standard InChI is InChI=1S/C16H24F2N2O3/c1-10(6-12(3)21)8-19-16(22)20-11(2)9-23-15-5-4-13(17)7-14(15)18/h4-5,7,10-12,21H,6,8-9H2,1-3H3,(H2,19,20,22). The van der Waals surface area contributed by atoms with Gasteiger partial charge in [0.25, 0.3) is 0 Å². The Balaban J connectivity index is 2.30. The topological polar surface area (TPSA) is 70.6 Å². The summed E-state index contributed by atoms with van der Waals surface area (Å²) >= 11 is 0. The third-order valence-electron chi connectivity index (χ3n) is 3.11. The van der Waals surface area contributed by atoms with E-state index in [2.05, 4.69) is 10.6 Å². The number of aliphatic hydroxyl groups is 1. The molecule has 3 atom stereocenters. The molecule has 0 aliphatic rings. The fraction of sp³-hybridized carbons (Fsp3) is 0.562. The number of carbonyl (C=O) groups is 1. The van der Waals surface area contributed by atoms with Crippen molar-refractivity contribution in [1.29, 1.82) is 0 Å². The van der Waals surface area contributed by atoms with Crippen LogP contribution in [0.25, 0.3) is 0 Å². The quantitative estimate of drug-likeness (QED) is 0.686. The van der Waals surface area contributed by atoms with Gasteiger partial charge in [-0.15, -0.1) is 0 Å². The van der Waals surface area contributed by atoms with Gasteiger partial charge in [0.1, 0.15) is 12.4 Å². The average Bonchev–Trinajstić information content (AvgIpc) is 2.43. The van der Waals surface area contributed by atoms with Crippen LogP contribution in [-0.2, 0) is 0 Å². The lowest BCUT2D eigenvalue weighted by Crippen LogP contribution is -2.44. The Labute approximate surface area is 135 Å². The largest absolute Gasteiger partial charge is 0.488 e. The molecule has 0 aliphatic heterocycles. The fourth-order valence-corrected chi connectivity index (χ4v) is 2.06. The summed E-state index contributed by atoms with van der Waals surface area (Å²) in [6, 6.07) is 2.33. The Hall–Kier alpha value is -1.89. The Morgan fingerprint density at radius 1 is 1.30 bits per heavy atom. The van der Waals surface area contributed by atoms with Crippen LogP contribution in [0.4, 0.5) is 13.6 Å². The highest BCUT2D eigenvalue weighted by atomic mass is 19.1. The highest BCUT2D eigenvalue weighted by Gasteiger charge is 2.12. The summed E-state index contributed by atoms with van der Waals surface area (Å²) in [5.74, 6) is -1.37. The van der Waals surface area contributed by atoms with Crippen LogP contribution < -0.4 is 15.4 Å². The summed E-state index contributed by atoms with van der Waals surface area (Å²) in [7, 11) is 0. The molecule has 0 spiro atoms. The number of carbonyl (C=O) groups excluding carboxylic acids is 1. The van der Waals surface area contributed by atoms with Gasteiger partial charge in [-0.1, -0.05) is 6.92 Å². The SMILES string of the molecule is CC(O)CC(C)CNC(=O)NC(C)COc1ccc(F)cc1F. The molecule has 7 heteroatoms. The van der Waals surface area contributed by atoms with E-state index in [1.165, 1.54) is 6.07 Å². The smallest absolute Gasteiger partial charge is 0.315 e. The van der Waals surface area contributed by atoms with Crippen molar-refractivity contribution in [3.05, 3.63) is 29.8 Å². The molecule has 2 amide bonds. The maximum absolute atomic E-state index is 13.4. The zero-order valence-corrected chi connectivity index (χ0v) is 13.6. The van der Waals surface area contributed by atoms with E-state index in [1.807, 2.05) is 6.92 Å². The van der Waals surface area contributed by atoms with Crippen LogP contribution in [0.3, 0.4) is 0 Å². The van der Waals surface area contributed by atoms with E-state index in [-0.39, 0.29) is 30.3 Å². The number of urea groups is 1. The summed E-state index contributed by atoms with van der Waals surface area (Å²) in [5.41, 5.74) is 0. The first-order valence-electron chi connectivity index (χ1n) is 7.58. The molecule has 0 radical (unpaired) electrons. The van der Waals surface area contributed by atoms with Crippen molar-refractivity contribution in [1.82, 2.24) is 10.6 Å². The van der Waals surface area contributed by atoms with Crippen molar-refractivity contribution in [2.24, 2.45) is 5.92 Å². The number of benzene rings is 1. The van der Waals surface area contributed by atoms with Crippen LogP contribution >= 0.6 is 0 Å². The minimum Gasteiger partial charge on any atom is -0.488 e. The predicted molar refractivity (Wildman–Crippen MR) is 83.3 cm³/mol. The Kier molecular flexibility index (Phi) is 7.74. The lowest BCUT2D eigenvalue weighted by Gasteiger charge is -2.18. The predicted octanol–water partition coefficient (Wildman–Crippen LogP) is 2.44. The van der Waals surface area contributed by atoms with E-state index in [4.69, 9.17) is 4.74 Å². The molecule has 0 bridgehead atoms. The lowest BCUT2D eigenvalue weighted by molar-refractivity contribution is 0.163. The van der Waals surface area contributed by atoms with Gasteiger partial charge < -0.3 is 20.5 Å². The first-order chi connectivity index (χ1) is 10.8. The Morgan fingerprint density at radius 2 is 2.00 bits per heavy atom. The molecule has 1 aromatic rings. The molecule has 0 aromatic heterocycles. The zero-order valence-electron chi connectivity index (χ0n) is 13.6. The normalized spacial score (nSPS) is 14.7. The van der Waals surface area contributed by atoms with E-state index in [1.54, 1.807) is 13.8 Å². The molecule has 0 saturated carbocycles. The molecule has 5 nitrogen and oxygen atoms in total. The Morgan fingerprint density at radius 3 is 2.61 bits per heavy atom. The van der Waals surface area contributed by atoms with Crippen molar-refractivity contribution in [3.8, 4) is 5.75 Å². The van der Waals surface area contributed by atoms with Gasteiger partial charge in [0.05, 0.1) is 12.1 Å². The molecule has 0 fully saturated rings. The second-order valence-corrected chi connectivity index (χ2v) is 5.83. The number of rotatable bonds is 8. The van der Waals surface area contributed by atoms with Crippen LogP contribution in [0.1, 0.15) is 27.2 Å². The van der Waals surface area contributed by atoms with Gasteiger partial charge in [-0.05, 0) is 38.3 Å². The molecule has 1 aromatic carbocycles. The molecule has 1 rings (SSSR count). The summed E-state index contributed by atoms with van der Waals surface area (Å²) in [6.45, 7) is 5.83. The van der Waals surface area contributed by atoms with Crippen molar-refractivity contribution < 1.29 is 23.4 Å². The molecular formula is C16H24F2N2O3. The fourth-order valence-electron chi connectivity index (χ4n) is 2.06. The van der Waals surface area contributed by atoms with E-state index >= 15 is 0 Å². The molecule has 3 unspecified atom stereocenters. The van der Waals surface area contributed by atoms with Crippen LogP contribution in [0.15, 0.2) is 18.2 Å². The number of aliphatic hydroxyl groups excluding tert-OH is 1. The van der Waals surface area contributed by atoms with Gasteiger partial charge in [-0.3, -0.25) is 0 Å². The first-order valence-corrected chi connectivity index (χ1v) is 7.58. The van der Waals surface area contributed by atoms with E-state index in [0.29, 0.717) is 13.0 Å².